The van der Waals surface area contributed by atoms with Crippen molar-refractivity contribution >= 4 is 21.6 Å². The molecular weight excluding hydrogens is 332 g/mol. The standard InChI is InChI=1S/C17H9F2N3OS/c18-11-1-2-14(12(19)9-11)23-17-15-13(5-8-24-15)21-16(22-17)10-3-6-20-7-4-10/h1-9H. The number of hydrogen-bond acceptors (Lipinski definition) is 5. The minimum atomic E-state index is -0.788. The number of fused-ring (bicyclic) bond motifs is 1. The van der Waals surface area contributed by atoms with Crippen LogP contribution in [0.1, 0.15) is 0 Å². The number of aromatic nitrogens is 3. The molecular formula is C17H9F2N3OS. The van der Waals surface area contributed by atoms with E-state index in [2.05, 4.69) is 15.0 Å². The van der Waals surface area contributed by atoms with E-state index in [-0.39, 0.29) is 11.6 Å². The van der Waals surface area contributed by atoms with Crippen LogP contribution in [0.2, 0.25) is 0 Å². The zero-order valence-electron chi connectivity index (χ0n) is 12.1. The predicted molar refractivity (Wildman–Crippen MR) is 87.1 cm³/mol. The second kappa shape index (κ2) is 5.93. The van der Waals surface area contributed by atoms with Gasteiger partial charge >= 0.3 is 0 Å². The molecule has 0 aliphatic carbocycles. The first-order chi connectivity index (χ1) is 11.7. The second-order valence-electron chi connectivity index (χ2n) is 4.90. The minimum absolute atomic E-state index is 0.0921. The number of halogens is 2. The van der Waals surface area contributed by atoms with Gasteiger partial charge in [-0.25, -0.2) is 13.8 Å². The Morgan fingerprint density at radius 3 is 2.58 bits per heavy atom. The molecule has 4 rings (SSSR count). The molecule has 0 aliphatic heterocycles. The Kier molecular flexibility index (Phi) is 3.62. The van der Waals surface area contributed by atoms with Crippen molar-refractivity contribution in [3.63, 3.8) is 0 Å². The van der Waals surface area contributed by atoms with E-state index >= 15 is 0 Å². The second-order valence-corrected chi connectivity index (χ2v) is 5.82. The molecule has 0 saturated heterocycles. The summed E-state index contributed by atoms with van der Waals surface area (Å²) in [4.78, 5) is 12.8. The van der Waals surface area contributed by atoms with Crippen LogP contribution in [0, 0.1) is 11.6 Å². The molecule has 0 saturated carbocycles. The highest BCUT2D eigenvalue weighted by molar-refractivity contribution is 7.17. The van der Waals surface area contributed by atoms with Gasteiger partial charge in [-0.1, -0.05) is 0 Å². The van der Waals surface area contributed by atoms with Crippen LogP contribution in [0.5, 0.6) is 11.6 Å². The van der Waals surface area contributed by atoms with Gasteiger partial charge in [-0.2, -0.15) is 4.98 Å². The number of hydrogen-bond donors (Lipinski definition) is 0. The maximum Gasteiger partial charge on any atom is 0.241 e. The predicted octanol–water partition coefficient (Wildman–Crippen LogP) is 4.82. The van der Waals surface area contributed by atoms with Gasteiger partial charge in [0, 0.05) is 24.0 Å². The first kappa shape index (κ1) is 14.6. The van der Waals surface area contributed by atoms with Crippen LogP contribution >= 0.6 is 11.3 Å². The zero-order chi connectivity index (χ0) is 16.5. The normalized spacial score (nSPS) is 10.9. The Labute approximate surface area is 139 Å². The molecule has 7 heteroatoms. The quantitative estimate of drug-likeness (QED) is 0.536. The summed E-state index contributed by atoms with van der Waals surface area (Å²) in [5, 5.41) is 1.85. The Hall–Kier alpha value is -2.93. The van der Waals surface area contributed by atoms with Crippen LogP contribution in [0.25, 0.3) is 21.6 Å². The lowest BCUT2D eigenvalue weighted by molar-refractivity contribution is 0.429. The van der Waals surface area contributed by atoms with Crippen LogP contribution in [-0.2, 0) is 0 Å². The zero-order valence-corrected chi connectivity index (χ0v) is 12.9. The van der Waals surface area contributed by atoms with Gasteiger partial charge in [0.2, 0.25) is 5.88 Å². The highest BCUT2D eigenvalue weighted by Gasteiger charge is 2.14. The summed E-state index contributed by atoms with van der Waals surface area (Å²) in [7, 11) is 0. The largest absolute Gasteiger partial charge is 0.434 e. The third kappa shape index (κ3) is 2.69. The maximum atomic E-state index is 13.9. The highest BCUT2D eigenvalue weighted by atomic mass is 32.1. The van der Waals surface area contributed by atoms with Crippen molar-refractivity contribution < 1.29 is 13.5 Å². The number of nitrogens with zero attached hydrogens (tertiary/aromatic N) is 3. The molecule has 0 aliphatic rings. The van der Waals surface area contributed by atoms with E-state index in [1.807, 2.05) is 11.4 Å². The Bertz CT molecular complexity index is 1020. The molecule has 24 heavy (non-hydrogen) atoms. The van der Waals surface area contributed by atoms with Gasteiger partial charge in [0.1, 0.15) is 10.5 Å². The molecule has 1 aromatic carbocycles. The van der Waals surface area contributed by atoms with Gasteiger partial charge in [0.05, 0.1) is 5.52 Å². The fourth-order valence-electron chi connectivity index (χ4n) is 2.20. The summed E-state index contributed by atoms with van der Waals surface area (Å²) in [6, 6.07) is 8.52. The van der Waals surface area contributed by atoms with E-state index in [1.165, 1.54) is 17.4 Å². The molecule has 0 amide bonds. The molecule has 118 valence electrons. The van der Waals surface area contributed by atoms with E-state index in [4.69, 9.17) is 4.74 Å². The van der Waals surface area contributed by atoms with Crippen molar-refractivity contribution in [2.45, 2.75) is 0 Å². The summed E-state index contributed by atoms with van der Waals surface area (Å²) in [6.07, 6.45) is 3.27. The summed E-state index contributed by atoms with van der Waals surface area (Å²) >= 11 is 1.39. The molecule has 0 fully saturated rings. The average Bonchev–Trinajstić information content (AvgIpc) is 3.07. The molecule has 3 heterocycles. The number of benzene rings is 1. The van der Waals surface area contributed by atoms with Crippen molar-refractivity contribution in [2.24, 2.45) is 0 Å². The molecule has 0 unspecified atom stereocenters. The summed E-state index contributed by atoms with van der Waals surface area (Å²) in [5.74, 6) is -0.872. The molecule has 0 radical (unpaired) electrons. The Morgan fingerprint density at radius 2 is 1.79 bits per heavy atom. The Balaban J connectivity index is 1.83. The first-order valence-electron chi connectivity index (χ1n) is 6.99. The third-order valence-electron chi connectivity index (χ3n) is 3.31. The molecule has 4 aromatic rings. The summed E-state index contributed by atoms with van der Waals surface area (Å²) < 4.78 is 33.2. The number of rotatable bonds is 3. The molecule has 0 N–H and O–H groups in total. The lowest BCUT2D eigenvalue weighted by atomic mass is 10.2. The highest BCUT2D eigenvalue weighted by Crippen LogP contribution is 2.34. The first-order valence-corrected chi connectivity index (χ1v) is 7.87. The fourth-order valence-corrected chi connectivity index (χ4v) is 2.95. The fraction of sp³-hybridized carbons (Fsp3) is 0. The molecule has 4 nitrogen and oxygen atoms in total. The Morgan fingerprint density at radius 1 is 0.958 bits per heavy atom. The number of pyridine rings is 1. The minimum Gasteiger partial charge on any atom is -0.434 e. The SMILES string of the molecule is Fc1ccc(Oc2nc(-c3ccncc3)nc3ccsc23)c(F)c1. The van der Waals surface area contributed by atoms with Crippen LogP contribution in [0.15, 0.2) is 54.2 Å². The van der Waals surface area contributed by atoms with Crippen LogP contribution in [-0.4, -0.2) is 15.0 Å². The lowest BCUT2D eigenvalue weighted by Gasteiger charge is -2.08. The van der Waals surface area contributed by atoms with Crippen molar-refractivity contribution in [3.8, 4) is 23.0 Å². The maximum absolute atomic E-state index is 13.9. The van der Waals surface area contributed by atoms with E-state index in [0.29, 0.717) is 16.0 Å². The van der Waals surface area contributed by atoms with Crippen LogP contribution in [0.4, 0.5) is 8.78 Å². The molecule has 0 bridgehead atoms. The molecule has 3 aromatic heterocycles. The number of ether oxygens (including phenoxy) is 1. The smallest absolute Gasteiger partial charge is 0.241 e. The summed E-state index contributed by atoms with van der Waals surface area (Å²) in [5.41, 5.74) is 1.46. The third-order valence-corrected chi connectivity index (χ3v) is 4.20. The monoisotopic (exact) mass is 341 g/mol. The van der Waals surface area contributed by atoms with E-state index in [1.54, 1.807) is 24.5 Å². The van der Waals surface area contributed by atoms with Crippen molar-refractivity contribution in [3.05, 3.63) is 65.8 Å². The van der Waals surface area contributed by atoms with Gasteiger partial charge in [-0.05, 0) is 35.7 Å². The lowest BCUT2D eigenvalue weighted by Crippen LogP contribution is -1.96. The van der Waals surface area contributed by atoms with E-state index < -0.39 is 11.6 Å². The van der Waals surface area contributed by atoms with Gasteiger partial charge in [0.25, 0.3) is 0 Å². The molecule has 0 atom stereocenters. The number of thiophene rings is 1. The summed E-state index contributed by atoms with van der Waals surface area (Å²) in [6.45, 7) is 0. The molecule has 0 spiro atoms. The van der Waals surface area contributed by atoms with E-state index in [9.17, 15) is 8.78 Å². The van der Waals surface area contributed by atoms with Crippen molar-refractivity contribution in [1.82, 2.24) is 15.0 Å². The van der Waals surface area contributed by atoms with Crippen LogP contribution in [0.3, 0.4) is 0 Å². The van der Waals surface area contributed by atoms with Gasteiger partial charge in [-0.3, -0.25) is 4.98 Å². The van der Waals surface area contributed by atoms with E-state index in [0.717, 1.165) is 17.7 Å². The topological polar surface area (TPSA) is 47.9 Å². The van der Waals surface area contributed by atoms with Gasteiger partial charge in [-0.15, -0.1) is 11.3 Å². The average molecular weight is 341 g/mol. The van der Waals surface area contributed by atoms with Crippen LogP contribution < -0.4 is 4.74 Å². The van der Waals surface area contributed by atoms with Gasteiger partial charge < -0.3 is 4.74 Å². The van der Waals surface area contributed by atoms with Gasteiger partial charge in [0.15, 0.2) is 17.4 Å². The van der Waals surface area contributed by atoms with Crippen molar-refractivity contribution in [1.29, 1.82) is 0 Å². The van der Waals surface area contributed by atoms with Crippen molar-refractivity contribution in [2.75, 3.05) is 0 Å².